The molecule has 2 saturated heterocycles. The fraction of sp³-hybridized carbons (Fsp3) is 0.588. The van der Waals surface area contributed by atoms with Crippen LogP contribution < -0.4 is 10.1 Å². The Labute approximate surface area is 141 Å². The van der Waals surface area contributed by atoms with Crippen LogP contribution in [-0.4, -0.2) is 50.8 Å². The Bertz CT molecular complexity index is 573. The highest BCUT2D eigenvalue weighted by atomic mass is 35.5. The molecule has 0 aliphatic carbocycles. The van der Waals surface area contributed by atoms with E-state index >= 15 is 0 Å². The van der Waals surface area contributed by atoms with Crippen LogP contribution in [0.25, 0.3) is 0 Å². The lowest BCUT2D eigenvalue weighted by Gasteiger charge is -2.21. The van der Waals surface area contributed by atoms with Gasteiger partial charge in [-0.25, -0.2) is 0 Å². The molecule has 23 heavy (non-hydrogen) atoms. The summed E-state index contributed by atoms with van der Waals surface area (Å²) in [5.41, 5.74) is 1.17. The third-order valence-electron chi connectivity index (χ3n) is 4.79. The molecule has 2 aliphatic rings. The Morgan fingerprint density at radius 1 is 1.48 bits per heavy atom. The zero-order valence-corrected chi connectivity index (χ0v) is 14.2. The summed E-state index contributed by atoms with van der Waals surface area (Å²) in [7, 11) is 1.61. The van der Waals surface area contributed by atoms with Crippen molar-refractivity contribution >= 4 is 17.5 Å². The summed E-state index contributed by atoms with van der Waals surface area (Å²) in [6.45, 7) is 4.48. The van der Waals surface area contributed by atoms with Gasteiger partial charge < -0.3 is 14.8 Å². The minimum atomic E-state index is 0.0305. The largest absolute Gasteiger partial charge is 0.496 e. The number of benzene rings is 1. The first kappa shape index (κ1) is 16.6. The summed E-state index contributed by atoms with van der Waals surface area (Å²) < 4.78 is 10.8. The number of ether oxygens (including phenoxy) is 2. The minimum Gasteiger partial charge on any atom is -0.496 e. The number of nitrogens with zero attached hydrogens (tertiary/aromatic N) is 1. The summed E-state index contributed by atoms with van der Waals surface area (Å²) >= 11 is 6.01. The molecule has 2 aliphatic heterocycles. The summed E-state index contributed by atoms with van der Waals surface area (Å²) in [4.78, 5) is 14.4. The Morgan fingerprint density at radius 2 is 2.35 bits per heavy atom. The van der Waals surface area contributed by atoms with E-state index in [1.165, 1.54) is 0 Å². The maximum Gasteiger partial charge on any atom is 0.234 e. The number of hydrogen-bond acceptors (Lipinski definition) is 4. The van der Waals surface area contributed by atoms with Crippen molar-refractivity contribution in [3.8, 4) is 5.75 Å². The molecule has 5 nitrogen and oxygen atoms in total. The van der Waals surface area contributed by atoms with E-state index in [2.05, 4.69) is 10.2 Å². The molecule has 2 fully saturated rings. The fourth-order valence-corrected chi connectivity index (χ4v) is 3.67. The average molecular weight is 339 g/mol. The molecule has 2 heterocycles. The van der Waals surface area contributed by atoms with Crippen molar-refractivity contribution in [2.24, 2.45) is 5.41 Å². The Hall–Kier alpha value is -1.30. The van der Waals surface area contributed by atoms with Crippen LogP contribution in [0.15, 0.2) is 18.2 Å². The maximum atomic E-state index is 12.2. The molecule has 1 amide bonds. The second kappa shape index (κ2) is 7.07. The van der Waals surface area contributed by atoms with E-state index in [9.17, 15) is 4.79 Å². The number of carbonyl (C=O) groups is 1. The molecule has 1 atom stereocenters. The molecule has 0 unspecified atom stereocenters. The van der Waals surface area contributed by atoms with Gasteiger partial charge in [0.15, 0.2) is 0 Å². The van der Waals surface area contributed by atoms with Gasteiger partial charge in [-0.1, -0.05) is 11.6 Å². The Balaban J connectivity index is 1.49. The van der Waals surface area contributed by atoms with Crippen molar-refractivity contribution in [2.75, 3.05) is 40.0 Å². The van der Waals surface area contributed by atoms with E-state index in [1.807, 2.05) is 12.1 Å². The lowest BCUT2D eigenvalue weighted by atomic mass is 9.87. The predicted molar refractivity (Wildman–Crippen MR) is 88.8 cm³/mol. The maximum absolute atomic E-state index is 12.2. The van der Waals surface area contributed by atoms with Crippen LogP contribution in [0, 0.1) is 5.41 Å². The van der Waals surface area contributed by atoms with Gasteiger partial charge in [0, 0.05) is 35.7 Å². The molecule has 1 aromatic rings. The highest BCUT2D eigenvalue weighted by molar-refractivity contribution is 6.30. The normalized spacial score (nSPS) is 24.3. The molecule has 6 heteroatoms. The van der Waals surface area contributed by atoms with Gasteiger partial charge in [0.25, 0.3) is 0 Å². The van der Waals surface area contributed by atoms with Gasteiger partial charge in [0.1, 0.15) is 5.75 Å². The first-order valence-corrected chi connectivity index (χ1v) is 8.37. The number of carbonyl (C=O) groups excluding carboxylic acids is 1. The Kier molecular flexibility index (Phi) is 5.09. The van der Waals surface area contributed by atoms with Crippen molar-refractivity contribution in [1.29, 1.82) is 0 Å². The van der Waals surface area contributed by atoms with Crippen LogP contribution in [-0.2, 0) is 16.1 Å². The van der Waals surface area contributed by atoms with Gasteiger partial charge >= 0.3 is 0 Å². The molecule has 126 valence electrons. The molecule has 0 radical (unpaired) electrons. The fourth-order valence-electron chi connectivity index (χ4n) is 3.47. The van der Waals surface area contributed by atoms with E-state index in [0.717, 1.165) is 50.5 Å². The number of hydrogen-bond donors (Lipinski definition) is 1. The lowest BCUT2D eigenvalue weighted by Crippen LogP contribution is -2.37. The van der Waals surface area contributed by atoms with Gasteiger partial charge in [-0.15, -0.1) is 0 Å². The summed E-state index contributed by atoms with van der Waals surface area (Å²) in [5, 5.41) is 3.59. The number of rotatable bonds is 5. The van der Waals surface area contributed by atoms with Gasteiger partial charge in [-0.2, -0.15) is 0 Å². The van der Waals surface area contributed by atoms with E-state index in [4.69, 9.17) is 21.1 Å². The summed E-state index contributed by atoms with van der Waals surface area (Å²) in [6.07, 6.45) is 2.24. The van der Waals surface area contributed by atoms with Crippen LogP contribution >= 0.6 is 11.6 Å². The Morgan fingerprint density at radius 3 is 3.09 bits per heavy atom. The molecular weight excluding hydrogens is 316 g/mol. The van der Waals surface area contributed by atoms with Crippen LogP contribution in [0.1, 0.15) is 18.4 Å². The molecule has 1 spiro atoms. The third-order valence-corrected chi connectivity index (χ3v) is 5.02. The SMILES string of the molecule is COc1ccc(Cl)cc1CNC(=O)CN1CC[C@]2(CCOC2)C1. The van der Waals surface area contributed by atoms with E-state index < -0.39 is 0 Å². The number of nitrogens with one attached hydrogen (secondary N) is 1. The minimum absolute atomic E-state index is 0.0305. The van der Waals surface area contributed by atoms with Crippen LogP contribution in [0.5, 0.6) is 5.75 Å². The number of halogens is 1. The first-order chi connectivity index (χ1) is 11.1. The standard InChI is InChI=1S/C17H23ClN2O3/c1-22-15-3-2-14(18)8-13(15)9-19-16(21)10-20-6-4-17(11-20)5-7-23-12-17/h2-3,8H,4-7,9-12H2,1H3,(H,19,21)/t17-/m0/s1. The predicted octanol–water partition coefficient (Wildman–Crippen LogP) is 2.08. The van der Waals surface area contributed by atoms with Crippen LogP contribution in [0.4, 0.5) is 0 Å². The zero-order valence-electron chi connectivity index (χ0n) is 13.4. The summed E-state index contributed by atoms with van der Waals surface area (Å²) in [6, 6.07) is 5.41. The molecular formula is C17H23ClN2O3. The molecule has 3 rings (SSSR count). The van der Waals surface area contributed by atoms with Crippen LogP contribution in [0.3, 0.4) is 0 Å². The highest BCUT2D eigenvalue weighted by Gasteiger charge is 2.41. The number of amides is 1. The van der Waals surface area contributed by atoms with Gasteiger partial charge in [0.05, 0.1) is 20.3 Å². The highest BCUT2D eigenvalue weighted by Crippen LogP contribution is 2.37. The van der Waals surface area contributed by atoms with E-state index in [-0.39, 0.29) is 11.3 Å². The third kappa shape index (κ3) is 3.97. The molecule has 1 N–H and O–H groups in total. The monoisotopic (exact) mass is 338 g/mol. The zero-order chi connectivity index (χ0) is 16.3. The number of methoxy groups -OCH3 is 1. The smallest absolute Gasteiger partial charge is 0.234 e. The van der Waals surface area contributed by atoms with Gasteiger partial charge in [-0.3, -0.25) is 9.69 Å². The average Bonchev–Trinajstić information content (AvgIpc) is 3.16. The quantitative estimate of drug-likeness (QED) is 0.893. The van der Waals surface area contributed by atoms with Crippen molar-refractivity contribution in [3.63, 3.8) is 0 Å². The van der Waals surface area contributed by atoms with Gasteiger partial charge in [0.2, 0.25) is 5.91 Å². The molecule has 0 saturated carbocycles. The lowest BCUT2D eigenvalue weighted by molar-refractivity contribution is -0.122. The van der Waals surface area contributed by atoms with Crippen molar-refractivity contribution < 1.29 is 14.3 Å². The van der Waals surface area contributed by atoms with Crippen molar-refractivity contribution in [1.82, 2.24) is 10.2 Å². The first-order valence-electron chi connectivity index (χ1n) is 7.99. The topological polar surface area (TPSA) is 50.8 Å². The van der Waals surface area contributed by atoms with Crippen molar-refractivity contribution in [2.45, 2.75) is 19.4 Å². The van der Waals surface area contributed by atoms with Crippen molar-refractivity contribution in [3.05, 3.63) is 28.8 Å². The van der Waals surface area contributed by atoms with Crippen LogP contribution in [0.2, 0.25) is 5.02 Å². The van der Waals surface area contributed by atoms with E-state index in [0.29, 0.717) is 18.1 Å². The number of likely N-dealkylation sites (tertiary alicyclic amines) is 1. The second-order valence-electron chi connectivity index (χ2n) is 6.50. The summed E-state index contributed by atoms with van der Waals surface area (Å²) in [5.74, 6) is 0.765. The molecule has 0 aromatic heterocycles. The molecule has 1 aromatic carbocycles. The van der Waals surface area contributed by atoms with E-state index in [1.54, 1.807) is 13.2 Å². The molecule has 0 bridgehead atoms. The van der Waals surface area contributed by atoms with Gasteiger partial charge in [-0.05, 0) is 37.6 Å². The second-order valence-corrected chi connectivity index (χ2v) is 6.93.